The zero-order valence-electron chi connectivity index (χ0n) is 9.61. The van der Waals surface area contributed by atoms with Gasteiger partial charge < -0.3 is 5.11 Å². The van der Waals surface area contributed by atoms with Crippen molar-refractivity contribution in [2.24, 2.45) is 11.3 Å². The molecule has 2 atom stereocenters. The SMILES string of the molecule is CC1CCC(CCc2ccsc2)(C(=O)O)C1. The summed E-state index contributed by atoms with van der Waals surface area (Å²) in [7, 11) is 0. The Hall–Kier alpha value is -0.830. The average Bonchev–Trinajstić information content (AvgIpc) is 2.84. The first-order valence-corrected chi connectivity index (χ1v) is 6.81. The molecule has 3 heteroatoms. The monoisotopic (exact) mass is 238 g/mol. The first-order valence-electron chi connectivity index (χ1n) is 5.87. The maximum Gasteiger partial charge on any atom is 0.309 e. The summed E-state index contributed by atoms with van der Waals surface area (Å²) in [4.78, 5) is 11.4. The van der Waals surface area contributed by atoms with Crippen molar-refractivity contribution < 1.29 is 9.90 Å². The van der Waals surface area contributed by atoms with Gasteiger partial charge in [0, 0.05) is 0 Å². The number of carbonyl (C=O) groups is 1. The van der Waals surface area contributed by atoms with Crippen molar-refractivity contribution in [3.05, 3.63) is 22.4 Å². The molecule has 0 aliphatic heterocycles. The van der Waals surface area contributed by atoms with E-state index in [1.54, 1.807) is 11.3 Å². The van der Waals surface area contributed by atoms with Crippen LogP contribution < -0.4 is 0 Å². The summed E-state index contributed by atoms with van der Waals surface area (Å²) in [5.41, 5.74) is 0.839. The molecule has 1 heterocycles. The molecule has 0 spiro atoms. The van der Waals surface area contributed by atoms with E-state index in [1.165, 1.54) is 5.56 Å². The Morgan fingerprint density at radius 1 is 1.69 bits per heavy atom. The molecular formula is C13H18O2S. The van der Waals surface area contributed by atoms with E-state index >= 15 is 0 Å². The number of aliphatic carboxylic acids is 1. The van der Waals surface area contributed by atoms with Crippen molar-refractivity contribution in [2.75, 3.05) is 0 Å². The van der Waals surface area contributed by atoms with Crippen LogP contribution in [0.5, 0.6) is 0 Å². The fraction of sp³-hybridized carbons (Fsp3) is 0.615. The lowest BCUT2D eigenvalue weighted by atomic mass is 9.80. The van der Waals surface area contributed by atoms with Crippen LogP contribution in [0.2, 0.25) is 0 Å². The molecule has 1 aliphatic carbocycles. The first kappa shape index (κ1) is 11.6. The zero-order valence-corrected chi connectivity index (χ0v) is 10.4. The van der Waals surface area contributed by atoms with Crippen molar-refractivity contribution >= 4 is 17.3 Å². The third-order valence-corrected chi connectivity index (χ3v) is 4.51. The predicted octanol–water partition coefficient (Wildman–Crippen LogP) is 3.57. The van der Waals surface area contributed by atoms with Crippen molar-refractivity contribution in [1.82, 2.24) is 0 Å². The van der Waals surface area contributed by atoms with Gasteiger partial charge in [-0.1, -0.05) is 6.92 Å². The smallest absolute Gasteiger partial charge is 0.309 e. The minimum atomic E-state index is -0.591. The van der Waals surface area contributed by atoms with E-state index in [4.69, 9.17) is 0 Å². The zero-order chi connectivity index (χ0) is 11.6. The standard InChI is InChI=1S/C13H18O2S/c1-10-2-5-13(8-10,12(14)15)6-3-11-4-7-16-9-11/h4,7,9-10H,2-3,5-6,8H2,1H3,(H,14,15). The number of rotatable bonds is 4. The van der Waals surface area contributed by atoms with Gasteiger partial charge >= 0.3 is 5.97 Å². The van der Waals surface area contributed by atoms with Crippen LogP contribution in [0.1, 0.15) is 38.2 Å². The van der Waals surface area contributed by atoms with Gasteiger partial charge in [0.15, 0.2) is 0 Å². The second-order valence-electron chi connectivity index (χ2n) is 5.07. The molecule has 1 fully saturated rings. The molecule has 88 valence electrons. The van der Waals surface area contributed by atoms with E-state index in [-0.39, 0.29) is 0 Å². The predicted molar refractivity (Wildman–Crippen MR) is 65.7 cm³/mol. The molecule has 16 heavy (non-hydrogen) atoms. The molecule has 1 aromatic heterocycles. The highest BCUT2D eigenvalue weighted by Crippen LogP contribution is 2.45. The lowest BCUT2D eigenvalue weighted by Gasteiger charge is -2.23. The van der Waals surface area contributed by atoms with E-state index in [0.717, 1.165) is 32.1 Å². The number of aryl methyl sites for hydroxylation is 1. The molecule has 1 saturated carbocycles. The third kappa shape index (κ3) is 2.29. The second kappa shape index (κ2) is 4.58. The van der Waals surface area contributed by atoms with Crippen molar-refractivity contribution in [3.63, 3.8) is 0 Å². The molecule has 1 N–H and O–H groups in total. The molecule has 2 rings (SSSR count). The Balaban J connectivity index is 2.01. The molecule has 0 radical (unpaired) electrons. The van der Waals surface area contributed by atoms with Crippen molar-refractivity contribution in [3.8, 4) is 0 Å². The number of hydrogen-bond donors (Lipinski definition) is 1. The van der Waals surface area contributed by atoms with E-state index in [9.17, 15) is 9.90 Å². The number of hydrogen-bond acceptors (Lipinski definition) is 2. The van der Waals surface area contributed by atoms with Gasteiger partial charge in [0.25, 0.3) is 0 Å². The molecular weight excluding hydrogens is 220 g/mol. The quantitative estimate of drug-likeness (QED) is 0.870. The van der Waals surface area contributed by atoms with Crippen LogP contribution in [0.4, 0.5) is 0 Å². The van der Waals surface area contributed by atoms with Crippen molar-refractivity contribution in [1.29, 1.82) is 0 Å². The summed E-state index contributed by atoms with van der Waals surface area (Å²) in [6, 6.07) is 2.10. The Bertz CT molecular complexity index is 358. The Kier molecular flexibility index (Phi) is 3.33. The van der Waals surface area contributed by atoms with Gasteiger partial charge in [-0.3, -0.25) is 4.79 Å². The lowest BCUT2D eigenvalue weighted by Crippen LogP contribution is -2.28. The van der Waals surface area contributed by atoms with Gasteiger partial charge in [-0.25, -0.2) is 0 Å². The van der Waals surface area contributed by atoms with E-state index in [2.05, 4.69) is 23.8 Å². The molecule has 0 amide bonds. The molecule has 0 bridgehead atoms. The fourth-order valence-corrected chi connectivity index (χ4v) is 3.44. The number of carboxylic acid groups (broad SMARTS) is 1. The van der Waals surface area contributed by atoms with Gasteiger partial charge in [0.2, 0.25) is 0 Å². The summed E-state index contributed by atoms with van der Waals surface area (Å²) in [5.74, 6) is -0.0225. The molecule has 2 nitrogen and oxygen atoms in total. The highest BCUT2D eigenvalue weighted by atomic mass is 32.1. The minimum Gasteiger partial charge on any atom is -0.481 e. The molecule has 0 aromatic carbocycles. The van der Waals surface area contributed by atoms with Crippen LogP contribution >= 0.6 is 11.3 Å². The highest BCUT2D eigenvalue weighted by Gasteiger charge is 2.43. The molecule has 2 unspecified atom stereocenters. The summed E-state index contributed by atoms with van der Waals surface area (Å²) in [6.45, 7) is 2.16. The van der Waals surface area contributed by atoms with Gasteiger partial charge in [0.05, 0.1) is 5.41 Å². The molecule has 1 aromatic rings. The third-order valence-electron chi connectivity index (χ3n) is 3.78. The summed E-state index contributed by atoms with van der Waals surface area (Å²) in [5, 5.41) is 13.6. The van der Waals surface area contributed by atoms with Crippen molar-refractivity contribution in [2.45, 2.75) is 39.0 Å². The fourth-order valence-electron chi connectivity index (χ4n) is 2.74. The Labute approximate surface area is 100 Å². The Morgan fingerprint density at radius 2 is 2.50 bits per heavy atom. The maximum absolute atomic E-state index is 11.4. The van der Waals surface area contributed by atoms with Crippen LogP contribution in [-0.4, -0.2) is 11.1 Å². The lowest BCUT2D eigenvalue weighted by molar-refractivity contribution is -0.149. The van der Waals surface area contributed by atoms with E-state index in [1.807, 2.05) is 0 Å². The van der Waals surface area contributed by atoms with Crippen LogP contribution in [0.3, 0.4) is 0 Å². The summed E-state index contributed by atoms with van der Waals surface area (Å²) >= 11 is 1.68. The first-order chi connectivity index (χ1) is 7.62. The average molecular weight is 238 g/mol. The maximum atomic E-state index is 11.4. The van der Waals surface area contributed by atoms with Crippen LogP contribution in [0.25, 0.3) is 0 Å². The van der Waals surface area contributed by atoms with Gasteiger partial charge in [-0.15, -0.1) is 0 Å². The van der Waals surface area contributed by atoms with Crippen LogP contribution in [0, 0.1) is 11.3 Å². The van der Waals surface area contributed by atoms with E-state index < -0.39 is 11.4 Å². The summed E-state index contributed by atoms with van der Waals surface area (Å²) in [6.07, 6.45) is 4.47. The molecule has 0 saturated heterocycles. The minimum absolute atomic E-state index is 0.443. The van der Waals surface area contributed by atoms with Gasteiger partial charge in [-0.05, 0) is 60.4 Å². The van der Waals surface area contributed by atoms with Gasteiger partial charge in [-0.2, -0.15) is 11.3 Å². The molecule has 1 aliphatic rings. The van der Waals surface area contributed by atoms with Gasteiger partial charge in [0.1, 0.15) is 0 Å². The number of thiophene rings is 1. The summed E-state index contributed by atoms with van der Waals surface area (Å²) < 4.78 is 0. The Morgan fingerprint density at radius 3 is 3.00 bits per heavy atom. The highest BCUT2D eigenvalue weighted by molar-refractivity contribution is 7.07. The number of carboxylic acids is 1. The van der Waals surface area contributed by atoms with Crippen LogP contribution in [-0.2, 0) is 11.2 Å². The van der Waals surface area contributed by atoms with Crippen LogP contribution in [0.15, 0.2) is 16.8 Å². The topological polar surface area (TPSA) is 37.3 Å². The normalized spacial score (nSPS) is 29.4. The second-order valence-corrected chi connectivity index (χ2v) is 5.85. The van der Waals surface area contributed by atoms with E-state index in [0.29, 0.717) is 5.92 Å². The largest absolute Gasteiger partial charge is 0.481 e.